The fourth-order valence-corrected chi connectivity index (χ4v) is 3.10. The van der Waals surface area contributed by atoms with Crippen molar-refractivity contribution in [3.8, 4) is 0 Å². The van der Waals surface area contributed by atoms with Crippen molar-refractivity contribution >= 4 is 33.9 Å². The van der Waals surface area contributed by atoms with Crippen LogP contribution in [0.4, 0.5) is 0 Å². The molecule has 0 saturated carbocycles. The predicted molar refractivity (Wildman–Crippen MR) is 99.7 cm³/mol. The summed E-state index contributed by atoms with van der Waals surface area (Å²) in [5.74, 6) is 0.793. The van der Waals surface area contributed by atoms with E-state index in [1.807, 2.05) is 31.3 Å². The number of hydrogen-bond donors (Lipinski definition) is 1. The number of para-hydroxylation sites is 1. The molecule has 1 aliphatic heterocycles. The molecule has 1 N–H and O–H groups in total. The number of hydrazone groups is 1. The van der Waals surface area contributed by atoms with Crippen LogP contribution in [0.2, 0.25) is 0 Å². The maximum atomic E-state index is 5.47. The number of piperidine rings is 1. The third-order valence-electron chi connectivity index (χ3n) is 4.41. The first kappa shape index (κ1) is 15.9. The van der Waals surface area contributed by atoms with Gasteiger partial charge in [0.05, 0.1) is 11.2 Å². The molecule has 0 unspecified atom stereocenters. The van der Waals surface area contributed by atoms with Crippen molar-refractivity contribution in [1.82, 2.24) is 15.3 Å². The van der Waals surface area contributed by atoms with Gasteiger partial charge in [0.1, 0.15) is 0 Å². The summed E-state index contributed by atoms with van der Waals surface area (Å²) in [5, 5.41) is 6.31. The first-order valence-electron chi connectivity index (χ1n) is 8.08. The number of fused-ring (bicyclic) bond motifs is 1. The number of benzene rings is 1. The molecule has 1 aromatic carbocycles. The average molecular weight is 326 g/mol. The van der Waals surface area contributed by atoms with Crippen LogP contribution in [0.15, 0.2) is 41.6 Å². The van der Waals surface area contributed by atoms with E-state index >= 15 is 0 Å². The van der Waals surface area contributed by atoms with E-state index in [4.69, 9.17) is 12.2 Å². The molecule has 23 heavy (non-hydrogen) atoms. The molecule has 4 nitrogen and oxygen atoms in total. The Kier molecular flexibility index (Phi) is 4.86. The Morgan fingerprint density at radius 1 is 1.26 bits per heavy atom. The normalized spacial score (nSPS) is 16.6. The summed E-state index contributed by atoms with van der Waals surface area (Å²) >= 11 is 5.47. The number of hydrogen-bond acceptors (Lipinski definition) is 3. The van der Waals surface area contributed by atoms with Gasteiger partial charge < -0.3 is 4.90 Å². The van der Waals surface area contributed by atoms with Gasteiger partial charge in [0.25, 0.3) is 0 Å². The van der Waals surface area contributed by atoms with E-state index in [1.54, 1.807) is 0 Å². The SMILES string of the molecule is C/C(=N\NC(=S)N1CCC(C)CC1)c1cccc2cccnc12. The van der Waals surface area contributed by atoms with E-state index in [0.717, 1.165) is 41.2 Å². The molecule has 1 saturated heterocycles. The highest BCUT2D eigenvalue weighted by molar-refractivity contribution is 7.80. The third-order valence-corrected chi connectivity index (χ3v) is 4.76. The molecular weight excluding hydrogens is 304 g/mol. The van der Waals surface area contributed by atoms with Gasteiger partial charge in [0.15, 0.2) is 5.11 Å². The van der Waals surface area contributed by atoms with Crippen molar-refractivity contribution < 1.29 is 0 Å². The summed E-state index contributed by atoms with van der Waals surface area (Å²) in [5.41, 5.74) is 5.94. The van der Waals surface area contributed by atoms with Crippen LogP contribution in [0.1, 0.15) is 32.3 Å². The Labute approximate surface area is 142 Å². The van der Waals surface area contributed by atoms with E-state index in [1.165, 1.54) is 12.8 Å². The van der Waals surface area contributed by atoms with Gasteiger partial charge in [0.2, 0.25) is 0 Å². The molecule has 0 spiro atoms. The fraction of sp³-hybridized carbons (Fsp3) is 0.389. The Morgan fingerprint density at radius 3 is 2.78 bits per heavy atom. The average Bonchev–Trinajstić information content (AvgIpc) is 2.59. The van der Waals surface area contributed by atoms with Gasteiger partial charge in [-0.3, -0.25) is 10.4 Å². The fourth-order valence-electron chi connectivity index (χ4n) is 2.87. The van der Waals surface area contributed by atoms with Crippen LogP contribution in [0, 0.1) is 5.92 Å². The second-order valence-corrected chi connectivity index (χ2v) is 6.55. The molecule has 5 heteroatoms. The quantitative estimate of drug-likeness (QED) is 0.520. The lowest BCUT2D eigenvalue weighted by molar-refractivity contribution is 0.278. The molecule has 2 aromatic rings. The lowest BCUT2D eigenvalue weighted by Crippen LogP contribution is -2.42. The zero-order valence-corrected chi connectivity index (χ0v) is 14.4. The lowest BCUT2D eigenvalue weighted by Gasteiger charge is -2.31. The summed E-state index contributed by atoms with van der Waals surface area (Å²) < 4.78 is 0. The predicted octanol–water partition coefficient (Wildman–Crippen LogP) is 3.57. The zero-order chi connectivity index (χ0) is 16.2. The van der Waals surface area contributed by atoms with Crippen LogP contribution >= 0.6 is 12.2 Å². The van der Waals surface area contributed by atoms with E-state index in [-0.39, 0.29) is 0 Å². The van der Waals surface area contributed by atoms with E-state index in [9.17, 15) is 0 Å². The van der Waals surface area contributed by atoms with Gasteiger partial charge in [-0.2, -0.15) is 5.10 Å². The van der Waals surface area contributed by atoms with Gasteiger partial charge in [-0.1, -0.05) is 31.2 Å². The molecule has 120 valence electrons. The Bertz CT molecular complexity index is 727. The number of aromatic nitrogens is 1. The molecule has 0 atom stereocenters. The Hall–Kier alpha value is -2.01. The molecule has 0 radical (unpaired) electrons. The molecule has 0 aliphatic carbocycles. The molecule has 3 rings (SSSR count). The molecule has 1 fully saturated rings. The van der Waals surface area contributed by atoms with Crippen LogP contribution in [0.25, 0.3) is 10.9 Å². The number of likely N-dealkylation sites (tertiary alicyclic amines) is 1. The largest absolute Gasteiger partial charge is 0.348 e. The molecule has 2 heterocycles. The van der Waals surface area contributed by atoms with Gasteiger partial charge in [-0.05, 0) is 44.0 Å². The minimum atomic E-state index is 0.712. The van der Waals surface area contributed by atoms with Crippen LogP contribution in [0.3, 0.4) is 0 Å². The highest BCUT2D eigenvalue weighted by Gasteiger charge is 2.17. The summed E-state index contributed by atoms with van der Waals surface area (Å²) in [6, 6.07) is 10.1. The van der Waals surface area contributed by atoms with E-state index < -0.39 is 0 Å². The Morgan fingerprint density at radius 2 is 2.00 bits per heavy atom. The highest BCUT2D eigenvalue weighted by Crippen LogP contribution is 2.17. The standard InChI is InChI=1S/C18H22N4S/c1-13-8-11-22(12-9-13)18(23)21-20-14(2)16-7-3-5-15-6-4-10-19-17(15)16/h3-7,10,13H,8-9,11-12H2,1-2H3,(H,21,23)/b20-14+. The summed E-state index contributed by atoms with van der Waals surface area (Å²) in [6.07, 6.45) is 4.20. The minimum Gasteiger partial charge on any atom is -0.348 e. The second kappa shape index (κ2) is 7.04. The number of thiocarbonyl (C=S) groups is 1. The summed E-state index contributed by atoms with van der Waals surface area (Å²) in [7, 11) is 0. The zero-order valence-electron chi connectivity index (χ0n) is 13.6. The number of nitrogens with one attached hydrogen (secondary N) is 1. The van der Waals surface area contributed by atoms with Crippen LogP contribution in [-0.2, 0) is 0 Å². The Balaban J connectivity index is 1.73. The van der Waals surface area contributed by atoms with Crippen molar-refractivity contribution in [3.05, 3.63) is 42.1 Å². The van der Waals surface area contributed by atoms with Gasteiger partial charge in [-0.15, -0.1) is 0 Å². The summed E-state index contributed by atoms with van der Waals surface area (Å²) in [4.78, 5) is 6.68. The highest BCUT2D eigenvalue weighted by atomic mass is 32.1. The van der Waals surface area contributed by atoms with Crippen molar-refractivity contribution in [2.24, 2.45) is 11.0 Å². The molecule has 1 aromatic heterocycles. The van der Waals surface area contributed by atoms with Gasteiger partial charge >= 0.3 is 0 Å². The monoisotopic (exact) mass is 326 g/mol. The van der Waals surface area contributed by atoms with Gasteiger partial charge in [-0.25, -0.2) is 0 Å². The molecule has 1 aliphatic rings. The smallest absolute Gasteiger partial charge is 0.189 e. The number of pyridine rings is 1. The molecule has 0 amide bonds. The van der Waals surface area contributed by atoms with Crippen molar-refractivity contribution in [2.45, 2.75) is 26.7 Å². The van der Waals surface area contributed by atoms with Crippen LogP contribution in [0.5, 0.6) is 0 Å². The maximum absolute atomic E-state index is 5.47. The second-order valence-electron chi connectivity index (χ2n) is 6.16. The first-order valence-corrected chi connectivity index (χ1v) is 8.49. The van der Waals surface area contributed by atoms with E-state index in [0.29, 0.717) is 5.11 Å². The maximum Gasteiger partial charge on any atom is 0.189 e. The van der Waals surface area contributed by atoms with Crippen LogP contribution in [-0.4, -0.2) is 33.8 Å². The first-order chi connectivity index (χ1) is 11.1. The summed E-state index contributed by atoms with van der Waals surface area (Å²) in [6.45, 7) is 6.30. The number of nitrogens with zero attached hydrogens (tertiary/aromatic N) is 3. The van der Waals surface area contributed by atoms with E-state index in [2.05, 4.69) is 39.5 Å². The van der Waals surface area contributed by atoms with Gasteiger partial charge in [0, 0.05) is 30.2 Å². The molecular formula is C18H22N4S. The minimum absolute atomic E-state index is 0.712. The van der Waals surface area contributed by atoms with Crippen molar-refractivity contribution in [1.29, 1.82) is 0 Å². The lowest BCUT2D eigenvalue weighted by atomic mass is 10.00. The topological polar surface area (TPSA) is 40.5 Å². The van der Waals surface area contributed by atoms with Crippen molar-refractivity contribution in [2.75, 3.05) is 13.1 Å². The number of rotatable bonds is 2. The van der Waals surface area contributed by atoms with Crippen molar-refractivity contribution in [3.63, 3.8) is 0 Å². The van der Waals surface area contributed by atoms with Crippen LogP contribution < -0.4 is 5.43 Å². The third kappa shape index (κ3) is 3.67. The molecule has 0 bridgehead atoms.